The van der Waals surface area contributed by atoms with E-state index in [1.54, 1.807) is 18.3 Å². The van der Waals surface area contributed by atoms with Gasteiger partial charge in [-0.3, -0.25) is 0 Å². The van der Waals surface area contributed by atoms with Crippen LogP contribution in [0.3, 0.4) is 0 Å². The number of benzene rings is 1. The summed E-state index contributed by atoms with van der Waals surface area (Å²) in [5, 5.41) is 0.440. The Morgan fingerprint density at radius 1 is 1.43 bits per heavy atom. The van der Waals surface area contributed by atoms with Gasteiger partial charge in [0.25, 0.3) is 0 Å². The number of imidazole rings is 1. The molecule has 7 heteroatoms. The standard InChI is InChI=1S/C14H15ClN4O2/c1-21-14(20)10-6-9(16)7-11(15)13(10)19-5-4-18-3-2-17-12(18)8-19/h2-3,6-7H,4-5,8,16H2,1H3. The van der Waals surface area contributed by atoms with Crippen molar-refractivity contribution in [2.24, 2.45) is 0 Å². The Balaban J connectivity index is 2.04. The number of rotatable bonds is 2. The molecule has 0 aliphatic carbocycles. The van der Waals surface area contributed by atoms with E-state index in [-0.39, 0.29) is 0 Å². The fourth-order valence-corrected chi connectivity index (χ4v) is 2.92. The van der Waals surface area contributed by atoms with Gasteiger partial charge in [-0.05, 0) is 12.1 Å². The van der Waals surface area contributed by atoms with Crippen molar-refractivity contribution in [3.8, 4) is 0 Å². The van der Waals surface area contributed by atoms with Gasteiger partial charge in [0.15, 0.2) is 0 Å². The van der Waals surface area contributed by atoms with Crippen molar-refractivity contribution in [3.63, 3.8) is 0 Å². The predicted octanol–water partition coefficient (Wildman–Crippen LogP) is 1.93. The molecule has 0 unspecified atom stereocenters. The highest BCUT2D eigenvalue weighted by molar-refractivity contribution is 6.34. The zero-order valence-electron chi connectivity index (χ0n) is 11.5. The van der Waals surface area contributed by atoms with Crippen LogP contribution in [0.4, 0.5) is 11.4 Å². The van der Waals surface area contributed by atoms with Gasteiger partial charge < -0.3 is 19.9 Å². The average Bonchev–Trinajstić information content (AvgIpc) is 2.92. The molecule has 2 heterocycles. The molecule has 2 N–H and O–H groups in total. The topological polar surface area (TPSA) is 73.4 Å². The Morgan fingerprint density at radius 2 is 2.24 bits per heavy atom. The van der Waals surface area contributed by atoms with E-state index in [9.17, 15) is 4.79 Å². The molecule has 0 radical (unpaired) electrons. The highest BCUT2D eigenvalue weighted by Gasteiger charge is 2.25. The van der Waals surface area contributed by atoms with E-state index in [1.807, 2.05) is 11.1 Å². The molecule has 0 saturated carbocycles. The smallest absolute Gasteiger partial charge is 0.340 e. The molecule has 6 nitrogen and oxygen atoms in total. The Morgan fingerprint density at radius 3 is 3.00 bits per heavy atom. The van der Waals surface area contributed by atoms with E-state index in [1.165, 1.54) is 7.11 Å². The van der Waals surface area contributed by atoms with Crippen LogP contribution in [-0.2, 0) is 17.8 Å². The van der Waals surface area contributed by atoms with Crippen LogP contribution in [0.2, 0.25) is 5.02 Å². The first-order chi connectivity index (χ1) is 10.1. The van der Waals surface area contributed by atoms with Crippen molar-refractivity contribution in [3.05, 3.63) is 40.9 Å². The molecule has 0 bridgehead atoms. The highest BCUT2D eigenvalue weighted by atomic mass is 35.5. The number of carbonyl (C=O) groups is 1. The maximum absolute atomic E-state index is 12.0. The fraction of sp³-hybridized carbons (Fsp3) is 0.286. The van der Waals surface area contributed by atoms with Crippen molar-refractivity contribution < 1.29 is 9.53 Å². The third-order valence-electron chi connectivity index (χ3n) is 3.55. The van der Waals surface area contributed by atoms with Gasteiger partial charge in [-0.2, -0.15) is 0 Å². The summed E-state index contributed by atoms with van der Waals surface area (Å²) in [5.41, 5.74) is 7.24. The number of carbonyl (C=O) groups excluding carboxylic acids is 1. The first kappa shape index (κ1) is 13.8. The minimum atomic E-state index is -0.451. The summed E-state index contributed by atoms with van der Waals surface area (Å²) >= 11 is 6.31. The Bertz CT molecular complexity index is 698. The van der Waals surface area contributed by atoms with Crippen LogP contribution in [0.15, 0.2) is 24.5 Å². The van der Waals surface area contributed by atoms with Crippen LogP contribution < -0.4 is 10.6 Å². The number of aromatic nitrogens is 2. The first-order valence-electron chi connectivity index (χ1n) is 6.52. The van der Waals surface area contributed by atoms with Crippen LogP contribution in [0, 0.1) is 0 Å². The second kappa shape index (κ2) is 5.29. The number of methoxy groups -OCH3 is 1. The molecule has 21 heavy (non-hydrogen) atoms. The van der Waals surface area contributed by atoms with Gasteiger partial charge in [0.2, 0.25) is 0 Å². The SMILES string of the molecule is COC(=O)c1cc(N)cc(Cl)c1N1CCn2ccnc2C1. The van der Waals surface area contributed by atoms with E-state index in [4.69, 9.17) is 22.1 Å². The lowest BCUT2D eigenvalue weighted by Crippen LogP contribution is -2.35. The van der Waals surface area contributed by atoms with Crippen molar-refractivity contribution in [2.45, 2.75) is 13.1 Å². The van der Waals surface area contributed by atoms with Crippen LogP contribution >= 0.6 is 11.6 Å². The number of ether oxygens (including phenoxy) is 1. The Kier molecular flexibility index (Phi) is 3.47. The number of halogens is 1. The summed E-state index contributed by atoms with van der Waals surface area (Å²) in [5.74, 6) is 0.484. The van der Waals surface area contributed by atoms with Gasteiger partial charge in [0, 0.05) is 31.2 Å². The van der Waals surface area contributed by atoms with Gasteiger partial charge in [-0.25, -0.2) is 9.78 Å². The van der Waals surface area contributed by atoms with Crippen LogP contribution in [-0.4, -0.2) is 29.2 Å². The summed E-state index contributed by atoms with van der Waals surface area (Å²) in [6, 6.07) is 3.23. The molecule has 1 aliphatic rings. The summed E-state index contributed by atoms with van der Waals surface area (Å²) in [6.45, 7) is 2.11. The number of nitrogens with zero attached hydrogens (tertiary/aromatic N) is 3. The normalized spacial score (nSPS) is 13.9. The Hall–Kier alpha value is -2.21. The third-order valence-corrected chi connectivity index (χ3v) is 3.84. The van der Waals surface area contributed by atoms with E-state index in [0.29, 0.717) is 28.5 Å². The zero-order chi connectivity index (χ0) is 15.0. The van der Waals surface area contributed by atoms with Gasteiger partial charge in [-0.15, -0.1) is 0 Å². The number of hydrogen-bond acceptors (Lipinski definition) is 5. The second-order valence-corrected chi connectivity index (χ2v) is 5.26. The molecule has 0 atom stereocenters. The fourth-order valence-electron chi connectivity index (χ4n) is 2.57. The predicted molar refractivity (Wildman–Crippen MR) is 80.5 cm³/mol. The molecule has 0 spiro atoms. The van der Waals surface area contributed by atoms with E-state index < -0.39 is 5.97 Å². The zero-order valence-corrected chi connectivity index (χ0v) is 12.3. The number of fused-ring (bicyclic) bond motifs is 1. The summed E-state index contributed by atoms with van der Waals surface area (Å²) < 4.78 is 6.91. The monoisotopic (exact) mass is 306 g/mol. The van der Waals surface area contributed by atoms with Crippen molar-refractivity contribution in [1.82, 2.24) is 9.55 Å². The van der Waals surface area contributed by atoms with Crippen molar-refractivity contribution in [1.29, 1.82) is 0 Å². The largest absolute Gasteiger partial charge is 0.465 e. The van der Waals surface area contributed by atoms with Crippen molar-refractivity contribution >= 4 is 28.9 Å². The molecule has 110 valence electrons. The quantitative estimate of drug-likeness (QED) is 0.678. The van der Waals surface area contributed by atoms with E-state index in [2.05, 4.69) is 9.55 Å². The van der Waals surface area contributed by atoms with Crippen molar-refractivity contribution in [2.75, 3.05) is 24.3 Å². The Labute approximate surface area is 127 Å². The minimum absolute atomic E-state index is 0.377. The molecule has 1 aliphatic heterocycles. The number of esters is 1. The second-order valence-electron chi connectivity index (χ2n) is 4.85. The third kappa shape index (κ3) is 2.42. The number of nitrogen functional groups attached to an aromatic ring is 1. The van der Waals surface area contributed by atoms with Crippen LogP contribution in [0.25, 0.3) is 0 Å². The molecule has 1 aromatic carbocycles. The summed E-state index contributed by atoms with van der Waals surface area (Å²) in [6.07, 6.45) is 3.71. The molecule has 0 fully saturated rings. The maximum Gasteiger partial charge on any atom is 0.340 e. The molecular weight excluding hydrogens is 292 g/mol. The van der Waals surface area contributed by atoms with Gasteiger partial charge >= 0.3 is 5.97 Å². The molecular formula is C14H15ClN4O2. The number of nitrogens with two attached hydrogens (primary N) is 1. The highest BCUT2D eigenvalue weighted by Crippen LogP contribution is 2.34. The first-order valence-corrected chi connectivity index (χ1v) is 6.90. The number of anilines is 2. The van der Waals surface area contributed by atoms with Gasteiger partial charge in [0.1, 0.15) is 5.82 Å². The summed E-state index contributed by atoms with van der Waals surface area (Å²) in [4.78, 5) is 18.3. The maximum atomic E-state index is 12.0. The molecule has 1 aromatic heterocycles. The molecule has 2 aromatic rings. The minimum Gasteiger partial charge on any atom is -0.465 e. The number of hydrogen-bond donors (Lipinski definition) is 1. The molecule has 3 rings (SSSR count). The average molecular weight is 307 g/mol. The summed E-state index contributed by atoms with van der Waals surface area (Å²) in [7, 11) is 1.34. The molecule has 0 saturated heterocycles. The lowest BCUT2D eigenvalue weighted by atomic mass is 10.1. The molecule has 0 amide bonds. The lowest BCUT2D eigenvalue weighted by Gasteiger charge is -2.31. The van der Waals surface area contributed by atoms with E-state index in [0.717, 1.165) is 18.9 Å². The van der Waals surface area contributed by atoms with Gasteiger partial charge in [0.05, 0.1) is 29.9 Å². The van der Waals surface area contributed by atoms with Gasteiger partial charge in [-0.1, -0.05) is 11.6 Å². The van der Waals surface area contributed by atoms with E-state index >= 15 is 0 Å². The van der Waals surface area contributed by atoms with Crippen LogP contribution in [0.5, 0.6) is 0 Å². The van der Waals surface area contributed by atoms with Crippen LogP contribution in [0.1, 0.15) is 16.2 Å². The lowest BCUT2D eigenvalue weighted by molar-refractivity contribution is 0.0601.